The summed E-state index contributed by atoms with van der Waals surface area (Å²) in [5, 5.41) is 21.6. The number of carboxylic acid groups (broad SMARTS) is 1. The minimum absolute atomic E-state index is 0.00587. The first-order valence-corrected chi connectivity index (χ1v) is 12.9. The van der Waals surface area contributed by atoms with Gasteiger partial charge in [0.25, 0.3) is 0 Å². The van der Waals surface area contributed by atoms with E-state index in [0.717, 1.165) is 16.7 Å². The predicted octanol–water partition coefficient (Wildman–Crippen LogP) is 4.36. The number of ether oxygens (including phenoxy) is 2. The number of amides is 1. The Hall–Kier alpha value is -3.31. The van der Waals surface area contributed by atoms with Crippen LogP contribution in [0.3, 0.4) is 0 Å². The number of hydrogen-bond acceptors (Lipinski definition) is 8. The zero-order chi connectivity index (χ0) is 26.2. The van der Waals surface area contributed by atoms with Gasteiger partial charge in [0, 0.05) is 41.7 Å². The number of carbonyl (C=O) groups excluding carboxylic acids is 1. The summed E-state index contributed by atoms with van der Waals surface area (Å²) < 4.78 is 12.9. The normalized spacial score (nSPS) is 21.4. The van der Waals surface area contributed by atoms with Crippen molar-refractivity contribution in [2.45, 2.75) is 50.0 Å². The van der Waals surface area contributed by atoms with Crippen LogP contribution in [-0.2, 0) is 25.7 Å². The highest BCUT2D eigenvalue weighted by molar-refractivity contribution is 7.99. The van der Waals surface area contributed by atoms with E-state index < -0.39 is 12.3 Å². The number of carboxylic acids is 1. The van der Waals surface area contributed by atoms with Crippen molar-refractivity contribution in [3.8, 4) is 0 Å². The zero-order valence-electron chi connectivity index (χ0n) is 20.3. The fourth-order valence-corrected chi connectivity index (χ4v) is 5.00. The molecule has 3 aromatic rings. The van der Waals surface area contributed by atoms with E-state index in [2.05, 4.69) is 22.2 Å². The van der Waals surface area contributed by atoms with E-state index in [1.807, 2.05) is 30.3 Å². The van der Waals surface area contributed by atoms with Crippen LogP contribution in [0.1, 0.15) is 48.8 Å². The Bertz CT molecular complexity index is 1190. The maximum absolute atomic E-state index is 12.1. The van der Waals surface area contributed by atoms with Crippen LogP contribution >= 0.6 is 11.8 Å². The molecule has 0 aliphatic carbocycles. The van der Waals surface area contributed by atoms with E-state index in [9.17, 15) is 14.7 Å². The molecule has 0 saturated carbocycles. The lowest BCUT2D eigenvalue weighted by molar-refractivity contribution is -0.268. The van der Waals surface area contributed by atoms with Crippen LogP contribution < -0.4 is 5.32 Å². The summed E-state index contributed by atoms with van der Waals surface area (Å²) in [7, 11) is 0. The Morgan fingerprint density at radius 2 is 1.76 bits per heavy atom. The van der Waals surface area contributed by atoms with Gasteiger partial charge in [-0.15, -0.1) is 0 Å². The van der Waals surface area contributed by atoms with Crippen molar-refractivity contribution < 1.29 is 29.3 Å². The number of aromatic nitrogens is 2. The third kappa shape index (κ3) is 7.36. The first-order valence-electron chi connectivity index (χ1n) is 11.9. The molecule has 194 valence electrons. The summed E-state index contributed by atoms with van der Waals surface area (Å²) in [6, 6.07) is 16.6. The minimum Gasteiger partial charge on any atom is -0.481 e. The van der Waals surface area contributed by atoms with Gasteiger partial charge in [0.2, 0.25) is 5.91 Å². The standard InChI is InChI=1S/C27H29N3O6S/c1-17-22(16-37-27-28-12-3-13-29-27)35-26(36-25(17)19-8-6-18(15-31)7-9-19)20-4-2-5-21(14-20)30-23(32)10-11-24(33)34/h2-9,12-14,17,22,25-26,31H,10-11,15-16H2,1H3,(H,30,32)(H,33,34). The van der Waals surface area contributed by atoms with E-state index in [4.69, 9.17) is 14.6 Å². The molecule has 4 unspecified atom stereocenters. The number of aliphatic hydroxyl groups is 1. The van der Waals surface area contributed by atoms with Gasteiger partial charge in [-0.1, -0.05) is 55.1 Å². The summed E-state index contributed by atoms with van der Waals surface area (Å²) in [4.78, 5) is 31.5. The lowest BCUT2D eigenvalue weighted by atomic mass is 9.91. The Morgan fingerprint density at radius 3 is 2.46 bits per heavy atom. The SMILES string of the molecule is CC1C(CSc2ncccn2)OC(c2cccc(NC(=O)CCC(=O)O)c2)OC1c1ccc(CO)cc1. The molecule has 1 amide bonds. The van der Waals surface area contributed by atoms with Crippen molar-refractivity contribution in [1.29, 1.82) is 0 Å². The van der Waals surface area contributed by atoms with Gasteiger partial charge in [0.1, 0.15) is 0 Å². The topological polar surface area (TPSA) is 131 Å². The van der Waals surface area contributed by atoms with Crippen molar-refractivity contribution in [2.24, 2.45) is 5.92 Å². The molecule has 3 N–H and O–H groups in total. The Kier molecular flexibility index (Phi) is 9.24. The van der Waals surface area contributed by atoms with Gasteiger partial charge in [-0.25, -0.2) is 9.97 Å². The molecule has 1 saturated heterocycles. The Labute approximate surface area is 219 Å². The second-order valence-corrected chi connectivity index (χ2v) is 9.72. The molecule has 2 heterocycles. The molecule has 1 fully saturated rings. The lowest BCUT2D eigenvalue weighted by Crippen LogP contribution is -2.38. The maximum Gasteiger partial charge on any atom is 0.303 e. The van der Waals surface area contributed by atoms with Crippen molar-refractivity contribution in [3.05, 3.63) is 83.7 Å². The van der Waals surface area contributed by atoms with Crippen LogP contribution in [0.2, 0.25) is 0 Å². The van der Waals surface area contributed by atoms with E-state index in [1.165, 1.54) is 11.8 Å². The number of carbonyl (C=O) groups is 2. The van der Waals surface area contributed by atoms with Gasteiger partial charge in [-0.3, -0.25) is 9.59 Å². The molecule has 2 aromatic carbocycles. The molecular formula is C27H29N3O6S. The Morgan fingerprint density at radius 1 is 1.00 bits per heavy atom. The van der Waals surface area contributed by atoms with Gasteiger partial charge in [-0.05, 0) is 29.3 Å². The summed E-state index contributed by atoms with van der Waals surface area (Å²) >= 11 is 1.51. The number of rotatable bonds is 10. The van der Waals surface area contributed by atoms with Gasteiger partial charge in [-0.2, -0.15) is 0 Å². The molecule has 0 radical (unpaired) electrons. The number of aliphatic carboxylic acids is 1. The number of nitrogens with zero attached hydrogens (tertiary/aromatic N) is 2. The maximum atomic E-state index is 12.1. The van der Waals surface area contributed by atoms with Crippen molar-refractivity contribution in [1.82, 2.24) is 9.97 Å². The summed E-state index contributed by atoms with van der Waals surface area (Å²) in [6.07, 6.45) is 1.89. The molecule has 1 aromatic heterocycles. The zero-order valence-corrected chi connectivity index (χ0v) is 21.1. The van der Waals surface area contributed by atoms with Crippen molar-refractivity contribution in [3.63, 3.8) is 0 Å². The van der Waals surface area contributed by atoms with E-state index in [1.54, 1.807) is 36.7 Å². The molecule has 1 aliphatic heterocycles. The van der Waals surface area contributed by atoms with Crippen molar-refractivity contribution >= 4 is 29.3 Å². The number of aliphatic hydroxyl groups excluding tert-OH is 1. The predicted molar refractivity (Wildman–Crippen MR) is 138 cm³/mol. The van der Waals surface area contributed by atoms with Crippen LogP contribution in [0.15, 0.2) is 72.1 Å². The average Bonchev–Trinajstić information content (AvgIpc) is 2.92. The fraction of sp³-hybridized carbons (Fsp3) is 0.333. The second-order valence-electron chi connectivity index (χ2n) is 8.73. The quantitative estimate of drug-likeness (QED) is 0.262. The molecule has 1 aliphatic rings. The lowest BCUT2D eigenvalue weighted by Gasteiger charge is -2.41. The molecule has 0 bridgehead atoms. The van der Waals surface area contributed by atoms with Crippen LogP contribution in [0, 0.1) is 5.92 Å². The van der Waals surface area contributed by atoms with E-state index in [-0.39, 0.29) is 43.5 Å². The monoisotopic (exact) mass is 523 g/mol. The van der Waals surface area contributed by atoms with Crippen LogP contribution in [0.5, 0.6) is 0 Å². The smallest absolute Gasteiger partial charge is 0.303 e. The van der Waals surface area contributed by atoms with E-state index in [0.29, 0.717) is 16.6 Å². The fourth-order valence-electron chi connectivity index (χ4n) is 4.03. The molecule has 0 spiro atoms. The largest absolute Gasteiger partial charge is 0.481 e. The average molecular weight is 524 g/mol. The second kappa shape index (κ2) is 12.8. The molecule has 4 atom stereocenters. The van der Waals surface area contributed by atoms with Gasteiger partial charge < -0.3 is 25.0 Å². The Balaban J connectivity index is 1.55. The van der Waals surface area contributed by atoms with E-state index >= 15 is 0 Å². The van der Waals surface area contributed by atoms with Crippen LogP contribution in [0.4, 0.5) is 5.69 Å². The number of thioether (sulfide) groups is 1. The highest BCUT2D eigenvalue weighted by atomic mass is 32.2. The first-order chi connectivity index (χ1) is 17.9. The summed E-state index contributed by atoms with van der Waals surface area (Å²) in [5.41, 5.74) is 3.05. The molecule has 4 rings (SSSR count). The highest BCUT2D eigenvalue weighted by Crippen LogP contribution is 2.43. The molecule has 9 nitrogen and oxygen atoms in total. The number of nitrogens with one attached hydrogen (secondary N) is 1. The number of anilines is 1. The van der Waals surface area contributed by atoms with Crippen LogP contribution in [-0.4, -0.2) is 43.9 Å². The summed E-state index contributed by atoms with van der Waals surface area (Å²) in [6.45, 7) is 2.05. The highest BCUT2D eigenvalue weighted by Gasteiger charge is 2.38. The third-order valence-corrected chi connectivity index (χ3v) is 7.01. The van der Waals surface area contributed by atoms with Crippen LogP contribution in [0.25, 0.3) is 0 Å². The molecule has 37 heavy (non-hydrogen) atoms. The third-order valence-electron chi connectivity index (χ3n) is 6.05. The van der Waals surface area contributed by atoms with Crippen molar-refractivity contribution in [2.75, 3.05) is 11.1 Å². The minimum atomic E-state index is -1.02. The number of benzene rings is 2. The first kappa shape index (κ1) is 26.7. The molecule has 10 heteroatoms. The van der Waals surface area contributed by atoms with Gasteiger partial charge in [0.15, 0.2) is 11.4 Å². The van der Waals surface area contributed by atoms with Gasteiger partial charge in [0.05, 0.1) is 25.2 Å². The molecular weight excluding hydrogens is 494 g/mol. The summed E-state index contributed by atoms with van der Waals surface area (Å²) in [5.74, 6) is -0.782. The van der Waals surface area contributed by atoms with Gasteiger partial charge >= 0.3 is 5.97 Å². The number of hydrogen-bond donors (Lipinski definition) is 3.